The van der Waals surface area contributed by atoms with Crippen LogP contribution >= 0.6 is 12.6 Å². The Bertz CT molecular complexity index is 622. The minimum atomic E-state index is -0.0191. The monoisotopic (exact) mass is 316 g/mol. The van der Waals surface area contributed by atoms with Gasteiger partial charge in [-0.2, -0.15) is 12.6 Å². The molecule has 0 saturated heterocycles. The van der Waals surface area contributed by atoms with Gasteiger partial charge < -0.3 is 9.47 Å². The fraction of sp³-hybridized carbons (Fsp3) is 0.368. The van der Waals surface area contributed by atoms with Crippen LogP contribution in [0.1, 0.15) is 23.6 Å². The average Bonchev–Trinajstić information content (AvgIpc) is 2.56. The number of methoxy groups -OCH3 is 2. The Morgan fingerprint density at radius 2 is 1.55 bits per heavy atom. The van der Waals surface area contributed by atoms with Gasteiger partial charge in [-0.25, -0.2) is 0 Å². The van der Waals surface area contributed by atoms with Crippen molar-refractivity contribution >= 4 is 12.6 Å². The van der Waals surface area contributed by atoms with Gasteiger partial charge in [0.1, 0.15) is 11.5 Å². The highest BCUT2D eigenvalue weighted by Crippen LogP contribution is 2.32. The molecule has 0 aromatic heterocycles. The van der Waals surface area contributed by atoms with Gasteiger partial charge in [0.15, 0.2) is 0 Å². The van der Waals surface area contributed by atoms with Crippen LogP contribution in [0.3, 0.4) is 0 Å². The largest absolute Gasteiger partial charge is 0.497 e. The van der Waals surface area contributed by atoms with Crippen molar-refractivity contribution in [3.8, 4) is 11.5 Å². The zero-order valence-corrected chi connectivity index (χ0v) is 14.6. The lowest BCUT2D eigenvalue weighted by molar-refractivity contribution is 0.413. The normalized spacial score (nSPS) is 13.5. The van der Waals surface area contributed by atoms with Crippen LogP contribution in [0.15, 0.2) is 42.5 Å². The van der Waals surface area contributed by atoms with Crippen LogP contribution in [-0.2, 0) is 11.8 Å². The maximum Gasteiger partial charge on any atom is 0.119 e. The maximum absolute atomic E-state index is 5.29. The van der Waals surface area contributed by atoms with Crippen molar-refractivity contribution < 1.29 is 9.47 Å². The summed E-state index contributed by atoms with van der Waals surface area (Å²) in [5, 5.41) is 0. The van der Waals surface area contributed by atoms with Gasteiger partial charge in [0.05, 0.1) is 14.2 Å². The van der Waals surface area contributed by atoms with Crippen molar-refractivity contribution in [3.05, 3.63) is 59.2 Å². The predicted molar refractivity (Wildman–Crippen MR) is 95.6 cm³/mol. The highest BCUT2D eigenvalue weighted by Gasteiger charge is 2.26. The fourth-order valence-corrected chi connectivity index (χ4v) is 2.95. The molecule has 2 aromatic carbocycles. The lowest BCUT2D eigenvalue weighted by Crippen LogP contribution is -2.27. The van der Waals surface area contributed by atoms with Gasteiger partial charge >= 0.3 is 0 Å². The molecule has 0 aliphatic rings. The van der Waals surface area contributed by atoms with Crippen molar-refractivity contribution in [2.75, 3.05) is 20.0 Å². The molecular formula is C19H24O2S. The Kier molecular flexibility index (Phi) is 5.41. The zero-order chi connectivity index (χ0) is 16.2. The molecule has 0 spiro atoms. The third-order valence-electron chi connectivity index (χ3n) is 4.27. The number of rotatable bonds is 6. The molecule has 3 heteroatoms. The summed E-state index contributed by atoms with van der Waals surface area (Å²) in [5.41, 5.74) is 3.84. The Labute approximate surface area is 138 Å². The number of aryl methyl sites for hydroxylation is 1. The molecule has 2 rings (SSSR count). The summed E-state index contributed by atoms with van der Waals surface area (Å²) in [4.78, 5) is 0. The highest BCUT2D eigenvalue weighted by atomic mass is 32.1. The molecule has 0 radical (unpaired) electrons. The summed E-state index contributed by atoms with van der Waals surface area (Å²) in [7, 11) is 3.39. The molecule has 1 atom stereocenters. The molecule has 0 N–H and O–H groups in total. The molecule has 0 unspecified atom stereocenters. The lowest BCUT2D eigenvalue weighted by atomic mass is 9.78. The van der Waals surface area contributed by atoms with Gasteiger partial charge in [0.25, 0.3) is 0 Å². The second-order valence-electron chi connectivity index (χ2n) is 5.92. The van der Waals surface area contributed by atoms with Crippen molar-refractivity contribution in [3.63, 3.8) is 0 Å². The first kappa shape index (κ1) is 16.8. The minimum Gasteiger partial charge on any atom is -0.497 e. The Hall–Kier alpha value is -1.61. The molecule has 2 aromatic rings. The first-order valence-corrected chi connectivity index (χ1v) is 8.04. The van der Waals surface area contributed by atoms with E-state index in [0.29, 0.717) is 0 Å². The molecule has 2 nitrogen and oxygen atoms in total. The van der Waals surface area contributed by atoms with Crippen molar-refractivity contribution in [1.29, 1.82) is 0 Å². The van der Waals surface area contributed by atoms with Gasteiger partial charge in [-0.3, -0.25) is 0 Å². The summed E-state index contributed by atoms with van der Waals surface area (Å²) in [6.07, 6.45) is 0.943. The Morgan fingerprint density at radius 3 is 2.05 bits per heavy atom. The van der Waals surface area contributed by atoms with E-state index < -0.39 is 0 Å². The third kappa shape index (κ3) is 3.58. The minimum absolute atomic E-state index is 0.0191. The second-order valence-corrected chi connectivity index (χ2v) is 6.23. The second kappa shape index (κ2) is 7.10. The maximum atomic E-state index is 5.29. The van der Waals surface area contributed by atoms with Gasteiger partial charge in [0, 0.05) is 11.2 Å². The molecule has 0 aliphatic carbocycles. The van der Waals surface area contributed by atoms with Gasteiger partial charge in [-0.05, 0) is 54.3 Å². The number of benzene rings is 2. The summed E-state index contributed by atoms with van der Waals surface area (Å²) in [5.74, 6) is 2.56. The van der Waals surface area contributed by atoms with Crippen LogP contribution in [-0.4, -0.2) is 20.0 Å². The van der Waals surface area contributed by atoms with E-state index in [1.807, 2.05) is 18.2 Å². The predicted octanol–water partition coefficient (Wildman–Crippen LogP) is 4.44. The summed E-state index contributed by atoms with van der Waals surface area (Å²) in [6.45, 7) is 4.39. The van der Waals surface area contributed by atoms with E-state index in [4.69, 9.17) is 9.47 Å². The van der Waals surface area contributed by atoms with E-state index in [1.165, 1.54) is 16.7 Å². The lowest BCUT2D eigenvalue weighted by Gasteiger charge is -2.29. The molecule has 0 saturated carbocycles. The summed E-state index contributed by atoms with van der Waals surface area (Å²) >= 11 is 4.61. The van der Waals surface area contributed by atoms with Crippen LogP contribution in [0.4, 0.5) is 0 Å². The third-order valence-corrected chi connectivity index (χ3v) is 4.96. The van der Waals surface area contributed by atoms with Crippen LogP contribution in [0.25, 0.3) is 0 Å². The molecule has 22 heavy (non-hydrogen) atoms. The van der Waals surface area contributed by atoms with Crippen LogP contribution in [0, 0.1) is 6.92 Å². The molecule has 0 fully saturated rings. The average molecular weight is 316 g/mol. The number of thiol groups is 1. The molecular weight excluding hydrogens is 292 g/mol. The van der Waals surface area contributed by atoms with Crippen LogP contribution < -0.4 is 9.47 Å². The standard InChI is InChI=1S/C19H24O2S/c1-14-11-18(21-4)8-5-15(14)12-19(2,13-22)16-6-9-17(20-3)10-7-16/h5-11,22H,12-13H2,1-4H3/t19-/m1/s1. The quantitative estimate of drug-likeness (QED) is 0.794. The van der Waals surface area contributed by atoms with Crippen molar-refractivity contribution in [2.45, 2.75) is 25.7 Å². The summed E-state index contributed by atoms with van der Waals surface area (Å²) < 4.78 is 10.5. The van der Waals surface area contributed by atoms with Crippen molar-refractivity contribution in [2.24, 2.45) is 0 Å². The first-order chi connectivity index (χ1) is 10.5. The smallest absolute Gasteiger partial charge is 0.119 e. The van der Waals surface area contributed by atoms with Crippen LogP contribution in [0.5, 0.6) is 11.5 Å². The number of hydrogen-bond donors (Lipinski definition) is 1. The Balaban J connectivity index is 2.29. The SMILES string of the molecule is COc1ccc([C@@](C)(CS)Cc2ccc(OC)cc2C)cc1. The zero-order valence-electron chi connectivity index (χ0n) is 13.7. The van der Waals surface area contributed by atoms with Gasteiger partial charge in [-0.1, -0.05) is 25.1 Å². The van der Waals surface area contributed by atoms with E-state index in [-0.39, 0.29) is 5.41 Å². The van der Waals surface area contributed by atoms with E-state index in [1.54, 1.807) is 14.2 Å². The van der Waals surface area contributed by atoms with E-state index >= 15 is 0 Å². The van der Waals surface area contributed by atoms with E-state index in [0.717, 1.165) is 23.7 Å². The van der Waals surface area contributed by atoms with Crippen molar-refractivity contribution in [1.82, 2.24) is 0 Å². The topological polar surface area (TPSA) is 18.5 Å². The molecule has 118 valence electrons. The highest BCUT2D eigenvalue weighted by molar-refractivity contribution is 7.80. The van der Waals surface area contributed by atoms with E-state index in [9.17, 15) is 0 Å². The molecule has 0 aliphatic heterocycles. The molecule has 0 bridgehead atoms. The summed E-state index contributed by atoms with van der Waals surface area (Å²) in [6, 6.07) is 14.6. The molecule has 0 heterocycles. The van der Waals surface area contributed by atoms with E-state index in [2.05, 4.69) is 50.7 Å². The van der Waals surface area contributed by atoms with Gasteiger partial charge in [0.2, 0.25) is 0 Å². The number of ether oxygens (including phenoxy) is 2. The molecule has 0 amide bonds. The Morgan fingerprint density at radius 1 is 0.955 bits per heavy atom. The van der Waals surface area contributed by atoms with Gasteiger partial charge in [-0.15, -0.1) is 0 Å². The fourth-order valence-electron chi connectivity index (χ4n) is 2.66. The number of hydrogen-bond acceptors (Lipinski definition) is 3. The first-order valence-electron chi connectivity index (χ1n) is 7.41. The van der Waals surface area contributed by atoms with Crippen LogP contribution in [0.2, 0.25) is 0 Å².